The van der Waals surface area contributed by atoms with Crippen molar-refractivity contribution in [1.82, 2.24) is 0 Å². The van der Waals surface area contributed by atoms with Gasteiger partial charge in [0.15, 0.2) is 0 Å². The van der Waals surface area contributed by atoms with E-state index in [4.69, 9.17) is 34.3 Å². The molecule has 0 saturated heterocycles. The first-order valence-corrected chi connectivity index (χ1v) is 12.3. The van der Waals surface area contributed by atoms with Crippen LogP contribution in [0, 0.1) is 0 Å². The molecule has 4 aromatic rings. The van der Waals surface area contributed by atoms with Crippen LogP contribution in [0.5, 0.6) is 0 Å². The Hall–Kier alpha value is -1.51. The Balaban J connectivity index is 2.04. The van der Waals surface area contributed by atoms with Crippen LogP contribution in [0.2, 0.25) is 16.6 Å². The molecule has 4 aromatic carbocycles. The molecule has 0 aliphatic carbocycles. The van der Waals surface area contributed by atoms with Gasteiger partial charge in [-0.15, -0.1) is 0 Å². The minimum absolute atomic E-state index is 0.752. The molecule has 0 aliphatic heterocycles. The van der Waals surface area contributed by atoms with Crippen LogP contribution >= 0.6 is 34.3 Å². The lowest BCUT2D eigenvalue weighted by molar-refractivity contribution is 1.74. The highest BCUT2D eigenvalue weighted by atomic mass is 35.6. The van der Waals surface area contributed by atoms with Gasteiger partial charge < -0.3 is 0 Å². The van der Waals surface area contributed by atoms with Gasteiger partial charge in [0.2, 0.25) is 7.38 Å². The van der Waals surface area contributed by atoms with Crippen LogP contribution in [-0.2, 0) is 0 Å². The molecule has 0 bridgehead atoms. The average molecular weight is 402 g/mol. The number of benzene rings is 4. The molecule has 0 unspecified atom stereocenters. The molecule has 0 heterocycles. The molecule has 0 amide bonds. The molecule has 0 fully saturated rings. The van der Waals surface area contributed by atoms with E-state index in [2.05, 4.69) is 30.8 Å². The normalized spacial score (nSPS) is 12.0. The summed E-state index contributed by atoms with van der Waals surface area (Å²) in [5, 5.41) is 8.17. The van der Waals surface area contributed by atoms with Gasteiger partial charge in [-0.05, 0) is 39.8 Å². The second-order valence-corrected chi connectivity index (χ2v) is 12.4. The van der Waals surface area contributed by atoms with Crippen molar-refractivity contribution in [2.45, 2.75) is 6.55 Å². The fraction of sp³-hybridized carbons (Fsp3) is 0.0476. The van der Waals surface area contributed by atoms with Gasteiger partial charge in [0.25, 0.3) is 0 Å². The van der Waals surface area contributed by atoms with Crippen molar-refractivity contribution in [1.29, 1.82) is 0 Å². The molecule has 0 aromatic heterocycles. The molecule has 0 N–H and O–H groups in total. The molecule has 0 radical (unpaired) electrons. The van der Waals surface area contributed by atoms with Crippen molar-refractivity contribution in [2.75, 3.05) is 0 Å². The quantitative estimate of drug-likeness (QED) is 0.276. The Kier molecular flexibility index (Phi) is 4.29. The SMILES string of the molecule is C[Si](Cl)(c1ccc(Cl)c2ccccc12)c1ccc(Cl)c2ccccc12. The lowest BCUT2D eigenvalue weighted by atomic mass is 10.1. The summed E-state index contributed by atoms with van der Waals surface area (Å²) in [4.78, 5) is 0. The average Bonchev–Trinajstić information content (AvgIpc) is 2.62. The van der Waals surface area contributed by atoms with Crippen LogP contribution in [0.3, 0.4) is 0 Å². The van der Waals surface area contributed by atoms with E-state index >= 15 is 0 Å². The molecule has 124 valence electrons. The Morgan fingerprint density at radius 1 is 0.560 bits per heavy atom. The van der Waals surface area contributed by atoms with Crippen molar-refractivity contribution in [2.24, 2.45) is 0 Å². The molecular formula is C21H15Cl3Si. The summed E-state index contributed by atoms with van der Waals surface area (Å²) in [6.07, 6.45) is 0. The lowest BCUT2D eigenvalue weighted by Crippen LogP contribution is -2.51. The van der Waals surface area contributed by atoms with Crippen molar-refractivity contribution in [3.05, 3.63) is 82.8 Å². The van der Waals surface area contributed by atoms with Crippen LogP contribution in [0.15, 0.2) is 72.8 Å². The topological polar surface area (TPSA) is 0 Å². The monoisotopic (exact) mass is 400 g/mol. The van der Waals surface area contributed by atoms with Gasteiger partial charge in [-0.25, -0.2) is 0 Å². The van der Waals surface area contributed by atoms with Crippen molar-refractivity contribution in [3.8, 4) is 0 Å². The fourth-order valence-corrected chi connectivity index (χ4v) is 7.46. The minimum Gasteiger partial charge on any atom is -0.155 e. The third kappa shape index (κ3) is 2.76. The van der Waals surface area contributed by atoms with Gasteiger partial charge in [-0.3, -0.25) is 0 Å². The van der Waals surface area contributed by atoms with Gasteiger partial charge >= 0.3 is 0 Å². The van der Waals surface area contributed by atoms with Crippen LogP contribution < -0.4 is 10.4 Å². The maximum atomic E-state index is 7.30. The van der Waals surface area contributed by atoms with E-state index in [1.807, 2.05) is 48.5 Å². The molecule has 0 spiro atoms. The molecule has 0 atom stereocenters. The third-order valence-corrected chi connectivity index (χ3v) is 9.53. The standard InChI is InChI=1S/C21H15Cl3Si/c1-25(24,20-12-10-18(22)14-6-2-4-8-16(14)20)21-13-11-19(23)15-7-3-5-9-17(15)21/h2-13H,1H3. The maximum absolute atomic E-state index is 7.30. The van der Waals surface area contributed by atoms with E-state index in [1.54, 1.807) is 0 Å². The highest BCUT2D eigenvalue weighted by molar-refractivity contribution is 7.34. The highest BCUT2D eigenvalue weighted by Crippen LogP contribution is 2.28. The third-order valence-electron chi connectivity index (χ3n) is 4.75. The van der Waals surface area contributed by atoms with Gasteiger partial charge in [-0.2, -0.15) is 11.1 Å². The van der Waals surface area contributed by atoms with Crippen LogP contribution in [-0.4, -0.2) is 7.38 Å². The zero-order valence-corrected chi connectivity index (χ0v) is 16.8. The van der Waals surface area contributed by atoms with Gasteiger partial charge in [0, 0.05) is 20.8 Å². The summed E-state index contributed by atoms with van der Waals surface area (Å²) in [5.41, 5.74) is 0. The molecule has 0 nitrogen and oxygen atoms in total. The molecule has 0 aliphatic rings. The van der Waals surface area contributed by atoms with E-state index in [0.717, 1.165) is 31.6 Å². The zero-order valence-electron chi connectivity index (χ0n) is 13.6. The second kappa shape index (κ2) is 6.33. The van der Waals surface area contributed by atoms with Crippen molar-refractivity contribution >= 4 is 73.6 Å². The predicted octanol–water partition coefficient (Wildman–Crippen LogP) is 6.23. The highest BCUT2D eigenvalue weighted by Gasteiger charge is 2.33. The van der Waals surface area contributed by atoms with Gasteiger partial charge in [0.05, 0.1) is 0 Å². The summed E-state index contributed by atoms with van der Waals surface area (Å²) in [5.74, 6) is 0. The second-order valence-electron chi connectivity index (χ2n) is 6.28. The first-order valence-electron chi connectivity index (χ1n) is 8.04. The van der Waals surface area contributed by atoms with Crippen molar-refractivity contribution in [3.63, 3.8) is 0 Å². The van der Waals surface area contributed by atoms with Crippen LogP contribution in [0.25, 0.3) is 21.5 Å². The van der Waals surface area contributed by atoms with E-state index in [1.165, 1.54) is 10.4 Å². The minimum atomic E-state index is -2.48. The summed E-state index contributed by atoms with van der Waals surface area (Å²) in [6.45, 7) is 2.17. The molecule has 0 saturated carbocycles. The summed E-state index contributed by atoms with van der Waals surface area (Å²) in [7, 11) is -2.48. The Morgan fingerprint density at radius 3 is 1.32 bits per heavy atom. The number of fused-ring (bicyclic) bond motifs is 2. The summed E-state index contributed by atoms with van der Waals surface area (Å²) >= 11 is 20.1. The number of rotatable bonds is 2. The molecular weight excluding hydrogens is 387 g/mol. The predicted molar refractivity (Wildman–Crippen MR) is 115 cm³/mol. The largest absolute Gasteiger partial charge is 0.215 e. The number of hydrogen-bond acceptors (Lipinski definition) is 0. The van der Waals surface area contributed by atoms with Gasteiger partial charge in [-0.1, -0.05) is 83.9 Å². The molecule has 4 rings (SSSR count). The fourth-order valence-electron chi connectivity index (χ4n) is 3.49. The smallest absolute Gasteiger partial charge is 0.155 e. The maximum Gasteiger partial charge on any atom is 0.215 e. The van der Waals surface area contributed by atoms with Crippen LogP contribution in [0.1, 0.15) is 0 Å². The summed E-state index contributed by atoms with van der Waals surface area (Å²) < 4.78 is 0. The van der Waals surface area contributed by atoms with E-state index in [-0.39, 0.29) is 0 Å². The molecule has 4 heteroatoms. The van der Waals surface area contributed by atoms with E-state index in [0.29, 0.717) is 0 Å². The van der Waals surface area contributed by atoms with E-state index < -0.39 is 7.38 Å². The Morgan fingerprint density at radius 2 is 0.920 bits per heavy atom. The van der Waals surface area contributed by atoms with Crippen LogP contribution in [0.4, 0.5) is 0 Å². The lowest BCUT2D eigenvalue weighted by Gasteiger charge is -2.25. The Bertz CT molecular complexity index is 1020. The zero-order chi connectivity index (χ0) is 17.6. The number of hydrogen-bond donors (Lipinski definition) is 0. The number of halogens is 3. The van der Waals surface area contributed by atoms with Crippen molar-refractivity contribution < 1.29 is 0 Å². The van der Waals surface area contributed by atoms with Gasteiger partial charge in [0.1, 0.15) is 0 Å². The Labute approximate surface area is 162 Å². The first-order chi connectivity index (χ1) is 12.0. The van der Waals surface area contributed by atoms with E-state index in [9.17, 15) is 0 Å². The molecule has 25 heavy (non-hydrogen) atoms. The summed E-state index contributed by atoms with van der Waals surface area (Å²) in [6, 6.07) is 24.4. The first kappa shape index (κ1) is 16.9.